The Labute approximate surface area is 226 Å². The van der Waals surface area contributed by atoms with E-state index < -0.39 is 29.6 Å². The Morgan fingerprint density at radius 3 is 2.62 bits per heavy atom. The Morgan fingerprint density at radius 1 is 1.21 bits per heavy atom. The summed E-state index contributed by atoms with van der Waals surface area (Å²) in [5, 5.41) is 2.98. The van der Waals surface area contributed by atoms with E-state index in [2.05, 4.69) is 5.32 Å². The average Bonchev–Trinajstić information content (AvgIpc) is 3.21. The topological polar surface area (TPSA) is 123 Å². The molecule has 0 spiro atoms. The van der Waals surface area contributed by atoms with Crippen molar-refractivity contribution in [2.45, 2.75) is 82.5 Å². The minimum absolute atomic E-state index is 0.0775. The Kier molecular flexibility index (Phi) is 6.86. The quantitative estimate of drug-likeness (QED) is 0.511. The molecule has 0 saturated carbocycles. The normalized spacial score (nSPS) is 23.9. The van der Waals surface area contributed by atoms with Crippen LogP contribution in [0.5, 0.6) is 5.75 Å². The minimum Gasteiger partial charge on any atom is -0.493 e. The van der Waals surface area contributed by atoms with Crippen LogP contribution in [-0.4, -0.2) is 40.9 Å². The Balaban J connectivity index is 1.41. The third-order valence-electron chi connectivity index (χ3n) is 8.41. The summed E-state index contributed by atoms with van der Waals surface area (Å²) in [6.07, 6.45) is 2.60. The van der Waals surface area contributed by atoms with Gasteiger partial charge in [0.15, 0.2) is 5.96 Å². The summed E-state index contributed by atoms with van der Waals surface area (Å²) in [5.41, 5.74) is 14.6. The number of hydrogen-bond acceptors (Lipinski definition) is 6. The lowest BCUT2D eigenvalue weighted by molar-refractivity contribution is -0.132. The fraction of sp³-hybridized carbons (Fsp3) is 0.483. The van der Waals surface area contributed by atoms with E-state index in [1.165, 1.54) is 17.0 Å². The second-order valence-electron chi connectivity index (χ2n) is 10.9. The van der Waals surface area contributed by atoms with Gasteiger partial charge in [-0.15, -0.1) is 0 Å². The van der Waals surface area contributed by atoms with Crippen molar-refractivity contribution < 1.29 is 23.1 Å². The maximum absolute atomic E-state index is 13.8. The number of aliphatic imine (C=N–C) groups is 1. The van der Waals surface area contributed by atoms with E-state index >= 15 is 0 Å². The van der Waals surface area contributed by atoms with E-state index in [1.54, 1.807) is 24.3 Å². The monoisotopic (exact) mass is 539 g/mol. The second kappa shape index (κ2) is 9.89. The van der Waals surface area contributed by atoms with Gasteiger partial charge in [-0.05, 0) is 54.7 Å². The predicted molar refractivity (Wildman–Crippen MR) is 144 cm³/mol. The van der Waals surface area contributed by atoms with Crippen molar-refractivity contribution in [1.29, 1.82) is 0 Å². The summed E-state index contributed by atoms with van der Waals surface area (Å²) in [6.45, 7) is 5.27. The van der Waals surface area contributed by atoms with Crippen LogP contribution in [0.4, 0.5) is 8.78 Å². The molecule has 0 bridgehead atoms. The molecule has 2 aliphatic heterocycles. The number of nitrogens with two attached hydrogens (primary N) is 2. The van der Waals surface area contributed by atoms with Crippen molar-refractivity contribution >= 4 is 17.8 Å². The SMILES string of the molecule is CCC1(CC)CC(=O)N([C@@H]2CCOc3ccc(C(=O)NC4c5ccc(C(C)(F)F)cc5CC4N)cc32)C(N)=N1. The molecule has 0 saturated heterocycles. The molecule has 1 aliphatic carbocycles. The molecule has 2 aromatic carbocycles. The molecule has 10 heteroatoms. The predicted octanol–water partition coefficient (Wildman–Crippen LogP) is 4.08. The van der Waals surface area contributed by atoms with Gasteiger partial charge in [0, 0.05) is 36.1 Å². The number of halogens is 2. The molecule has 208 valence electrons. The van der Waals surface area contributed by atoms with Crippen LogP contribution in [0.2, 0.25) is 0 Å². The maximum Gasteiger partial charge on any atom is 0.270 e. The summed E-state index contributed by atoms with van der Waals surface area (Å²) in [7, 11) is 0. The Hall–Kier alpha value is -3.53. The molecule has 3 atom stereocenters. The van der Waals surface area contributed by atoms with Crippen molar-refractivity contribution in [1.82, 2.24) is 10.2 Å². The summed E-state index contributed by atoms with van der Waals surface area (Å²) < 4.78 is 33.5. The maximum atomic E-state index is 13.8. The van der Waals surface area contributed by atoms with Crippen LogP contribution in [0.15, 0.2) is 41.4 Å². The zero-order chi connectivity index (χ0) is 28.1. The van der Waals surface area contributed by atoms with Crippen molar-refractivity contribution in [3.63, 3.8) is 0 Å². The van der Waals surface area contributed by atoms with Gasteiger partial charge < -0.3 is 21.5 Å². The molecule has 5 rings (SSSR count). The lowest BCUT2D eigenvalue weighted by Gasteiger charge is -2.41. The molecule has 39 heavy (non-hydrogen) atoms. The average molecular weight is 540 g/mol. The lowest BCUT2D eigenvalue weighted by Crippen LogP contribution is -2.53. The van der Waals surface area contributed by atoms with Crippen molar-refractivity contribution in [2.75, 3.05) is 6.61 Å². The molecule has 8 nitrogen and oxygen atoms in total. The highest BCUT2D eigenvalue weighted by Gasteiger charge is 2.42. The van der Waals surface area contributed by atoms with Gasteiger partial charge >= 0.3 is 0 Å². The van der Waals surface area contributed by atoms with Gasteiger partial charge in [0.1, 0.15) is 5.75 Å². The number of amides is 2. The second-order valence-corrected chi connectivity index (χ2v) is 10.9. The molecule has 0 aromatic heterocycles. The highest BCUT2D eigenvalue weighted by atomic mass is 19.3. The van der Waals surface area contributed by atoms with Crippen LogP contribution in [0, 0.1) is 0 Å². The number of hydrogen-bond donors (Lipinski definition) is 3. The van der Waals surface area contributed by atoms with Crippen LogP contribution < -0.4 is 21.5 Å². The molecule has 0 radical (unpaired) electrons. The van der Waals surface area contributed by atoms with Crippen LogP contribution in [-0.2, 0) is 17.1 Å². The van der Waals surface area contributed by atoms with E-state index in [4.69, 9.17) is 21.2 Å². The molecule has 5 N–H and O–H groups in total. The van der Waals surface area contributed by atoms with E-state index in [1.807, 2.05) is 13.8 Å². The summed E-state index contributed by atoms with van der Waals surface area (Å²) in [6, 6.07) is 8.20. The van der Waals surface area contributed by atoms with Crippen molar-refractivity contribution in [3.05, 3.63) is 64.2 Å². The van der Waals surface area contributed by atoms with Gasteiger partial charge in [0.2, 0.25) is 5.91 Å². The highest BCUT2D eigenvalue weighted by molar-refractivity contribution is 6.00. The van der Waals surface area contributed by atoms with Crippen LogP contribution >= 0.6 is 0 Å². The van der Waals surface area contributed by atoms with Gasteiger partial charge in [-0.1, -0.05) is 26.0 Å². The molecule has 2 amide bonds. The molecule has 2 unspecified atom stereocenters. The number of nitrogens with zero attached hydrogens (tertiary/aromatic N) is 2. The van der Waals surface area contributed by atoms with Crippen LogP contribution in [0.1, 0.15) is 91.1 Å². The number of benzene rings is 2. The first-order chi connectivity index (χ1) is 18.5. The van der Waals surface area contributed by atoms with Crippen LogP contribution in [0.3, 0.4) is 0 Å². The number of carbonyl (C=O) groups is 2. The zero-order valence-corrected chi connectivity index (χ0v) is 22.5. The van der Waals surface area contributed by atoms with E-state index in [9.17, 15) is 18.4 Å². The van der Waals surface area contributed by atoms with E-state index in [0.29, 0.717) is 54.7 Å². The molecule has 2 heterocycles. The molecule has 2 aromatic rings. The lowest BCUT2D eigenvalue weighted by atomic mass is 9.87. The van der Waals surface area contributed by atoms with Gasteiger partial charge in [-0.25, -0.2) is 13.8 Å². The fourth-order valence-electron chi connectivity index (χ4n) is 5.98. The number of rotatable bonds is 6. The smallest absolute Gasteiger partial charge is 0.270 e. The third-order valence-corrected chi connectivity index (χ3v) is 8.41. The first-order valence-corrected chi connectivity index (χ1v) is 13.5. The number of ether oxygens (including phenoxy) is 1. The van der Waals surface area contributed by atoms with Crippen LogP contribution in [0.25, 0.3) is 0 Å². The van der Waals surface area contributed by atoms with E-state index in [-0.39, 0.29) is 29.8 Å². The van der Waals surface area contributed by atoms with Gasteiger partial charge in [0.05, 0.1) is 30.7 Å². The number of nitrogens with one attached hydrogen (secondary N) is 1. The molecular weight excluding hydrogens is 504 g/mol. The highest BCUT2D eigenvalue weighted by Crippen LogP contribution is 2.41. The number of fused-ring (bicyclic) bond motifs is 2. The summed E-state index contributed by atoms with van der Waals surface area (Å²) in [5.74, 6) is -2.64. The number of carbonyl (C=O) groups excluding carboxylic acids is 2. The molecular formula is C29H35F2N5O3. The minimum atomic E-state index is -2.96. The molecule has 0 fully saturated rings. The van der Waals surface area contributed by atoms with Gasteiger partial charge in [-0.2, -0.15) is 0 Å². The van der Waals surface area contributed by atoms with E-state index in [0.717, 1.165) is 12.5 Å². The number of guanidine groups is 1. The third kappa shape index (κ3) is 4.86. The fourth-order valence-corrected chi connectivity index (χ4v) is 5.98. The zero-order valence-electron chi connectivity index (χ0n) is 22.5. The first-order valence-electron chi connectivity index (χ1n) is 13.5. The Bertz CT molecular complexity index is 1330. The van der Waals surface area contributed by atoms with Crippen molar-refractivity contribution in [3.8, 4) is 5.75 Å². The van der Waals surface area contributed by atoms with Crippen molar-refractivity contribution in [2.24, 2.45) is 16.5 Å². The standard InChI is InChI=1S/C29H35F2N5O3/c1-4-29(5-2)15-24(37)36(27(33)35-29)22-10-11-39-23-9-6-16(13-20(22)23)26(38)34-25-19-8-7-18(28(3,30)31)12-17(19)14-21(25)32/h6-9,12-13,21-22,25H,4-5,10-11,14-15,32H2,1-3H3,(H2,33,35)(H,34,38)/t21?,22-,25?/m1/s1. The first kappa shape index (κ1) is 27.1. The van der Waals surface area contributed by atoms with Gasteiger partial charge in [0.25, 0.3) is 11.8 Å². The largest absolute Gasteiger partial charge is 0.493 e. The molecule has 3 aliphatic rings. The van der Waals surface area contributed by atoms with Gasteiger partial charge in [-0.3, -0.25) is 14.5 Å². The summed E-state index contributed by atoms with van der Waals surface area (Å²) >= 11 is 0. The number of alkyl halides is 2. The summed E-state index contributed by atoms with van der Waals surface area (Å²) in [4.78, 5) is 33.0. The Morgan fingerprint density at radius 2 is 1.95 bits per heavy atom.